The van der Waals surface area contributed by atoms with Crippen molar-refractivity contribution in [3.63, 3.8) is 0 Å². The Morgan fingerprint density at radius 3 is 2.69 bits per heavy atom. The number of guanidine groups is 1. The normalized spacial score (nSPS) is 11.4. The molecule has 32 heavy (non-hydrogen) atoms. The summed E-state index contributed by atoms with van der Waals surface area (Å²) in [6, 6.07) is 12.7. The third-order valence-corrected chi connectivity index (χ3v) is 5.95. The molecule has 0 saturated carbocycles. The van der Waals surface area contributed by atoms with Crippen LogP contribution in [0.3, 0.4) is 0 Å². The van der Waals surface area contributed by atoms with Crippen LogP contribution in [0.4, 0.5) is 10.5 Å². The summed E-state index contributed by atoms with van der Waals surface area (Å²) >= 11 is 7.58. The number of aliphatic imine (C=N–C) groups is 1. The number of thiazole rings is 1. The van der Waals surface area contributed by atoms with Crippen molar-refractivity contribution < 1.29 is 9.59 Å². The molecule has 1 heterocycles. The summed E-state index contributed by atoms with van der Waals surface area (Å²) in [6.07, 6.45) is 2.16. The van der Waals surface area contributed by atoms with Crippen LogP contribution in [0.2, 0.25) is 5.02 Å². The molecule has 0 aliphatic carbocycles. The zero-order valence-corrected chi connectivity index (χ0v) is 19.9. The zero-order valence-electron chi connectivity index (χ0n) is 18.3. The first-order valence-corrected chi connectivity index (χ1v) is 11.5. The van der Waals surface area contributed by atoms with E-state index in [1.54, 1.807) is 11.3 Å². The van der Waals surface area contributed by atoms with Gasteiger partial charge in [-0.2, -0.15) is 0 Å². The number of urea groups is 1. The average molecular weight is 472 g/mol. The molecule has 0 aliphatic heterocycles. The van der Waals surface area contributed by atoms with Crippen LogP contribution in [-0.4, -0.2) is 46.8 Å². The Labute approximate surface area is 196 Å². The van der Waals surface area contributed by atoms with Gasteiger partial charge in [-0.3, -0.25) is 15.0 Å². The third-order valence-electron chi connectivity index (χ3n) is 4.77. The maximum Gasteiger partial charge on any atom is 0.330 e. The molecule has 0 bridgehead atoms. The Balaban J connectivity index is 1.89. The van der Waals surface area contributed by atoms with Gasteiger partial charge in [-0.05, 0) is 49.2 Å². The summed E-state index contributed by atoms with van der Waals surface area (Å²) < 4.78 is 1.02. The predicted octanol–water partition coefficient (Wildman–Crippen LogP) is 5.35. The summed E-state index contributed by atoms with van der Waals surface area (Å²) in [5.74, 6) is 0.342. The van der Waals surface area contributed by atoms with E-state index >= 15 is 0 Å². The van der Waals surface area contributed by atoms with Crippen LogP contribution in [0.1, 0.15) is 30.3 Å². The molecule has 0 saturated heterocycles. The molecule has 1 aromatic heterocycles. The Morgan fingerprint density at radius 2 is 2.00 bits per heavy atom. The van der Waals surface area contributed by atoms with E-state index in [9.17, 15) is 9.59 Å². The highest BCUT2D eigenvalue weighted by Crippen LogP contribution is 2.26. The highest BCUT2D eigenvalue weighted by Gasteiger charge is 2.17. The average Bonchev–Trinajstić information content (AvgIpc) is 3.14. The number of rotatable bonds is 7. The van der Waals surface area contributed by atoms with Crippen LogP contribution in [-0.2, 0) is 11.3 Å². The third kappa shape index (κ3) is 6.27. The van der Waals surface area contributed by atoms with Gasteiger partial charge in [-0.25, -0.2) is 14.8 Å². The number of hydrogen-bond donors (Lipinski definition) is 1. The quantitative estimate of drug-likeness (QED) is 0.286. The number of nitrogens with zero attached hydrogens (tertiary/aromatic N) is 4. The number of carbonyl (C=O) groups is 2. The van der Waals surface area contributed by atoms with Crippen LogP contribution < -0.4 is 5.32 Å². The molecule has 168 valence electrons. The van der Waals surface area contributed by atoms with E-state index < -0.39 is 6.03 Å². The van der Waals surface area contributed by atoms with Crippen molar-refractivity contribution in [3.05, 3.63) is 58.1 Å². The van der Waals surface area contributed by atoms with Crippen molar-refractivity contribution in [2.45, 2.75) is 33.2 Å². The summed E-state index contributed by atoms with van der Waals surface area (Å²) in [5.41, 5.74) is 2.61. The fourth-order valence-corrected chi connectivity index (χ4v) is 4.05. The van der Waals surface area contributed by atoms with Gasteiger partial charge in [0.1, 0.15) is 0 Å². The highest BCUT2D eigenvalue weighted by molar-refractivity contribution is 7.18. The topological polar surface area (TPSA) is 77.9 Å². The van der Waals surface area contributed by atoms with E-state index in [2.05, 4.69) is 15.3 Å². The van der Waals surface area contributed by atoms with E-state index in [0.29, 0.717) is 36.2 Å². The van der Waals surface area contributed by atoms with Crippen molar-refractivity contribution in [3.8, 4) is 0 Å². The fraction of sp³-hybridized carbons (Fsp3) is 0.304. The van der Waals surface area contributed by atoms with Gasteiger partial charge in [-0.1, -0.05) is 37.1 Å². The Morgan fingerprint density at radius 1 is 1.25 bits per heavy atom. The van der Waals surface area contributed by atoms with Crippen molar-refractivity contribution >= 4 is 57.2 Å². The van der Waals surface area contributed by atoms with E-state index in [1.165, 1.54) is 0 Å². The van der Waals surface area contributed by atoms with Crippen LogP contribution in [0, 0.1) is 6.92 Å². The minimum absolute atomic E-state index is 0.342. The predicted molar refractivity (Wildman–Crippen MR) is 131 cm³/mol. The van der Waals surface area contributed by atoms with Gasteiger partial charge < -0.3 is 4.90 Å². The van der Waals surface area contributed by atoms with E-state index in [1.807, 2.05) is 68.3 Å². The second-order valence-electron chi connectivity index (χ2n) is 7.39. The molecule has 3 aromatic rings. The summed E-state index contributed by atoms with van der Waals surface area (Å²) in [4.78, 5) is 36.3. The van der Waals surface area contributed by atoms with E-state index in [4.69, 9.17) is 11.6 Å². The number of nitrogens with one attached hydrogen (secondary N) is 1. The van der Waals surface area contributed by atoms with Crippen LogP contribution in [0.5, 0.6) is 0 Å². The van der Waals surface area contributed by atoms with Gasteiger partial charge in [0.25, 0.3) is 0 Å². The van der Waals surface area contributed by atoms with Gasteiger partial charge in [-0.15, -0.1) is 11.3 Å². The lowest BCUT2D eigenvalue weighted by atomic mass is 10.2. The van der Waals surface area contributed by atoms with Gasteiger partial charge in [0.2, 0.25) is 12.4 Å². The molecule has 0 aliphatic rings. The van der Waals surface area contributed by atoms with Crippen LogP contribution in [0.25, 0.3) is 10.2 Å². The molecule has 0 atom stereocenters. The molecule has 3 amide bonds. The summed E-state index contributed by atoms with van der Waals surface area (Å²) in [5, 5.41) is 4.44. The molecule has 7 nitrogen and oxygen atoms in total. The number of hydrogen-bond acceptors (Lipinski definition) is 5. The van der Waals surface area contributed by atoms with E-state index in [-0.39, 0.29) is 0 Å². The highest BCUT2D eigenvalue weighted by atomic mass is 35.5. The van der Waals surface area contributed by atoms with Gasteiger partial charge in [0, 0.05) is 25.2 Å². The number of halogens is 1. The number of aromatic nitrogens is 1. The molecule has 1 N–H and O–H groups in total. The number of unbranched alkanes of at least 4 members (excludes halogenated alkanes) is 1. The monoisotopic (exact) mass is 471 g/mol. The minimum atomic E-state index is -0.509. The number of imide groups is 1. The Hall–Kier alpha value is -2.97. The lowest BCUT2D eigenvalue weighted by Crippen LogP contribution is -2.48. The molecule has 2 aromatic carbocycles. The van der Waals surface area contributed by atoms with Crippen LogP contribution in [0.15, 0.2) is 47.5 Å². The second kappa shape index (κ2) is 11.1. The molecule has 0 spiro atoms. The molecule has 9 heteroatoms. The smallest absolute Gasteiger partial charge is 0.330 e. The molecular weight excluding hydrogens is 446 g/mol. The zero-order chi connectivity index (χ0) is 23.1. The number of aryl methyl sites for hydroxylation is 1. The van der Waals surface area contributed by atoms with Crippen molar-refractivity contribution in [2.24, 2.45) is 4.99 Å². The fourth-order valence-electron chi connectivity index (χ4n) is 3.07. The molecule has 0 fully saturated rings. The second-order valence-corrected chi connectivity index (χ2v) is 9.06. The summed E-state index contributed by atoms with van der Waals surface area (Å²) in [7, 11) is 1.83. The number of carbonyl (C=O) groups excluding carboxylic acids is 2. The maximum atomic E-state index is 12.7. The Bertz CT molecular complexity index is 1110. The molecule has 3 rings (SSSR count). The van der Waals surface area contributed by atoms with Crippen molar-refractivity contribution in [2.75, 3.05) is 13.6 Å². The standard InChI is InChI=1S/C23H26ClN5O2S/c1-4-5-12-29(15-30)23(31)27-22(28(3)14-17-6-8-18(24)9-7-17)26-19-10-11-20-21(13-19)32-16(2)25-20/h6-11,13,15H,4-5,12,14H2,1-3H3,(H,26,27,31). The first kappa shape index (κ1) is 23.7. The van der Waals surface area contributed by atoms with Crippen LogP contribution >= 0.6 is 22.9 Å². The van der Waals surface area contributed by atoms with E-state index in [0.717, 1.165) is 38.5 Å². The Kier molecular flexibility index (Phi) is 8.19. The number of benzene rings is 2. The molecule has 0 unspecified atom stereocenters. The first-order chi connectivity index (χ1) is 15.4. The largest absolute Gasteiger partial charge is 0.341 e. The first-order valence-electron chi connectivity index (χ1n) is 10.3. The van der Waals surface area contributed by atoms with Gasteiger partial charge in [0.05, 0.1) is 20.9 Å². The minimum Gasteiger partial charge on any atom is -0.341 e. The summed E-state index contributed by atoms with van der Waals surface area (Å²) in [6.45, 7) is 4.81. The lowest BCUT2D eigenvalue weighted by Gasteiger charge is -2.24. The lowest BCUT2D eigenvalue weighted by molar-refractivity contribution is -0.115. The maximum absolute atomic E-state index is 12.7. The van der Waals surface area contributed by atoms with Gasteiger partial charge >= 0.3 is 6.03 Å². The van der Waals surface area contributed by atoms with Crippen molar-refractivity contribution in [1.29, 1.82) is 0 Å². The number of fused-ring (bicyclic) bond motifs is 1. The molecule has 0 radical (unpaired) electrons. The molecular formula is C23H26ClN5O2S. The number of amides is 3. The van der Waals surface area contributed by atoms with Crippen molar-refractivity contribution in [1.82, 2.24) is 20.1 Å². The van der Waals surface area contributed by atoms with Gasteiger partial charge in [0.15, 0.2) is 0 Å². The SMILES string of the molecule is CCCCN(C=O)C(=O)NC(=Nc1ccc2nc(C)sc2c1)N(C)Cc1ccc(Cl)cc1.